The summed E-state index contributed by atoms with van der Waals surface area (Å²) in [5.74, 6) is -1.30. The van der Waals surface area contributed by atoms with Gasteiger partial charge in [0.1, 0.15) is 0 Å². The summed E-state index contributed by atoms with van der Waals surface area (Å²) in [6.07, 6.45) is 0.276. The lowest BCUT2D eigenvalue weighted by atomic mass is 9.77. The van der Waals surface area contributed by atoms with Gasteiger partial charge in [0.15, 0.2) is 0 Å². The van der Waals surface area contributed by atoms with Gasteiger partial charge < -0.3 is 19.9 Å². The van der Waals surface area contributed by atoms with Crippen molar-refractivity contribution in [2.24, 2.45) is 0 Å². The molecule has 0 amide bonds. The van der Waals surface area contributed by atoms with E-state index in [-0.39, 0.29) is 30.7 Å². The van der Waals surface area contributed by atoms with Crippen LogP contribution in [0, 0.1) is 10.1 Å². The molecule has 0 fully saturated rings. The molecule has 102 valence electrons. The Morgan fingerprint density at radius 2 is 2.16 bits per heavy atom. The molecule has 0 atom stereocenters. The van der Waals surface area contributed by atoms with Crippen molar-refractivity contribution in [1.82, 2.24) is 0 Å². The lowest BCUT2D eigenvalue weighted by molar-refractivity contribution is -0.383. The minimum Gasteiger partial charge on any atom is -0.478 e. The van der Waals surface area contributed by atoms with E-state index in [9.17, 15) is 19.9 Å². The fourth-order valence-corrected chi connectivity index (χ4v) is 1.39. The average Bonchev–Trinajstić information content (AvgIpc) is 2.38. The molecule has 0 aromatic heterocycles. The van der Waals surface area contributed by atoms with Gasteiger partial charge >= 0.3 is 13.1 Å². The van der Waals surface area contributed by atoms with Crippen molar-refractivity contribution in [2.75, 3.05) is 13.2 Å². The van der Waals surface area contributed by atoms with Gasteiger partial charge in [-0.05, 0) is 12.5 Å². The van der Waals surface area contributed by atoms with Gasteiger partial charge in [-0.25, -0.2) is 4.79 Å². The number of aromatic carboxylic acids is 1. The number of nitro groups is 1. The van der Waals surface area contributed by atoms with Crippen LogP contribution < -0.4 is 5.46 Å². The van der Waals surface area contributed by atoms with Crippen LogP contribution in [-0.2, 0) is 4.65 Å². The summed E-state index contributed by atoms with van der Waals surface area (Å²) in [6.45, 7) is -0.109. The molecule has 0 unspecified atom stereocenters. The monoisotopic (exact) mass is 269 g/mol. The van der Waals surface area contributed by atoms with Crippen molar-refractivity contribution >= 4 is 24.2 Å². The van der Waals surface area contributed by atoms with Crippen LogP contribution in [0.15, 0.2) is 18.2 Å². The third-order valence-corrected chi connectivity index (χ3v) is 2.32. The van der Waals surface area contributed by atoms with Crippen LogP contribution in [0.5, 0.6) is 0 Å². The number of nitro benzene ring substituents is 1. The van der Waals surface area contributed by atoms with E-state index in [1.807, 2.05) is 0 Å². The SMILES string of the molecule is O=C(O)c1ccc(B(O)OCCCO)c([N+](=O)[O-])c1. The normalized spacial score (nSPS) is 10.2. The molecular weight excluding hydrogens is 257 g/mol. The third kappa shape index (κ3) is 4.02. The van der Waals surface area contributed by atoms with Crippen LogP contribution in [0.3, 0.4) is 0 Å². The van der Waals surface area contributed by atoms with Gasteiger partial charge in [-0.3, -0.25) is 10.1 Å². The Morgan fingerprint density at radius 3 is 2.68 bits per heavy atom. The van der Waals surface area contributed by atoms with Crippen molar-refractivity contribution in [3.8, 4) is 0 Å². The molecule has 1 rings (SSSR count). The van der Waals surface area contributed by atoms with Crippen LogP contribution in [0.4, 0.5) is 5.69 Å². The molecule has 0 aliphatic carbocycles. The predicted molar refractivity (Wildman–Crippen MR) is 65.3 cm³/mol. The van der Waals surface area contributed by atoms with Crippen LogP contribution in [0.25, 0.3) is 0 Å². The van der Waals surface area contributed by atoms with Crippen LogP contribution >= 0.6 is 0 Å². The number of hydrogen-bond donors (Lipinski definition) is 3. The highest BCUT2D eigenvalue weighted by Crippen LogP contribution is 2.12. The van der Waals surface area contributed by atoms with Crippen LogP contribution in [-0.4, -0.2) is 46.5 Å². The maximum atomic E-state index is 10.8. The minimum absolute atomic E-state index is 0.0233. The van der Waals surface area contributed by atoms with Gasteiger partial charge in [-0.2, -0.15) is 0 Å². The first-order chi connectivity index (χ1) is 8.97. The maximum absolute atomic E-state index is 10.8. The van der Waals surface area contributed by atoms with Crippen LogP contribution in [0.1, 0.15) is 16.8 Å². The molecule has 9 heteroatoms. The molecule has 0 radical (unpaired) electrons. The second-order valence-corrected chi connectivity index (χ2v) is 3.64. The Morgan fingerprint density at radius 1 is 1.47 bits per heavy atom. The summed E-state index contributed by atoms with van der Waals surface area (Å²) in [5.41, 5.74) is -0.914. The second-order valence-electron chi connectivity index (χ2n) is 3.64. The molecule has 1 aromatic carbocycles. The standard InChI is InChI=1S/C10H12BNO7/c13-4-1-5-19-11(16)8-3-2-7(10(14)15)6-9(8)12(17)18/h2-3,6,13,16H,1,4-5H2,(H,14,15). The fourth-order valence-electron chi connectivity index (χ4n) is 1.39. The van der Waals surface area contributed by atoms with Crippen molar-refractivity contribution < 1.29 is 29.6 Å². The molecule has 8 nitrogen and oxygen atoms in total. The molecule has 0 bridgehead atoms. The third-order valence-electron chi connectivity index (χ3n) is 2.32. The zero-order chi connectivity index (χ0) is 14.4. The van der Waals surface area contributed by atoms with Crippen LogP contribution in [0.2, 0.25) is 0 Å². The zero-order valence-corrected chi connectivity index (χ0v) is 9.85. The molecule has 0 aliphatic heterocycles. The van der Waals surface area contributed by atoms with E-state index in [1.54, 1.807) is 0 Å². The number of carboxylic acid groups (broad SMARTS) is 1. The van der Waals surface area contributed by atoms with E-state index in [2.05, 4.69) is 0 Å². The molecular formula is C10H12BNO7. The highest BCUT2D eigenvalue weighted by atomic mass is 16.6. The largest absolute Gasteiger partial charge is 0.498 e. The van der Waals surface area contributed by atoms with Gasteiger partial charge in [0.05, 0.1) is 15.9 Å². The lowest BCUT2D eigenvalue weighted by Gasteiger charge is -2.08. The number of nitrogens with zero attached hydrogens (tertiary/aromatic N) is 1. The van der Waals surface area contributed by atoms with E-state index >= 15 is 0 Å². The summed E-state index contributed by atoms with van der Waals surface area (Å²) >= 11 is 0. The maximum Gasteiger partial charge on any atom is 0.498 e. The highest BCUT2D eigenvalue weighted by molar-refractivity contribution is 6.61. The van der Waals surface area contributed by atoms with Gasteiger partial charge in [-0.15, -0.1) is 0 Å². The predicted octanol–water partition coefficient (Wildman–Crippen LogP) is -0.620. The highest BCUT2D eigenvalue weighted by Gasteiger charge is 2.27. The first-order valence-electron chi connectivity index (χ1n) is 5.39. The fraction of sp³-hybridized carbons (Fsp3) is 0.300. The number of aliphatic hydroxyl groups excluding tert-OH is 1. The van der Waals surface area contributed by atoms with E-state index in [0.29, 0.717) is 0 Å². The second kappa shape index (κ2) is 6.83. The summed E-state index contributed by atoms with van der Waals surface area (Å²) in [6, 6.07) is 3.13. The van der Waals surface area contributed by atoms with E-state index in [0.717, 1.165) is 18.2 Å². The van der Waals surface area contributed by atoms with Crippen molar-refractivity contribution in [2.45, 2.75) is 6.42 Å². The van der Waals surface area contributed by atoms with E-state index < -0.39 is 23.7 Å². The van der Waals surface area contributed by atoms with E-state index in [4.69, 9.17) is 14.9 Å². The Labute approximate surface area is 108 Å². The molecule has 19 heavy (non-hydrogen) atoms. The quantitative estimate of drug-likeness (QED) is 0.260. The molecule has 0 saturated carbocycles. The average molecular weight is 269 g/mol. The summed E-state index contributed by atoms with van der Waals surface area (Å²) in [7, 11) is -1.55. The molecule has 0 spiro atoms. The first-order valence-corrected chi connectivity index (χ1v) is 5.39. The molecule has 0 heterocycles. The molecule has 0 saturated heterocycles. The Balaban J connectivity index is 2.99. The van der Waals surface area contributed by atoms with Crippen molar-refractivity contribution in [3.63, 3.8) is 0 Å². The van der Waals surface area contributed by atoms with Gasteiger partial charge in [0.25, 0.3) is 5.69 Å². The Hall–Kier alpha value is -1.97. The number of aliphatic hydroxyl groups is 1. The zero-order valence-electron chi connectivity index (χ0n) is 9.85. The van der Waals surface area contributed by atoms with Gasteiger partial charge in [0.2, 0.25) is 0 Å². The molecule has 0 aliphatic rings. The summed E-state index contributed by atoms with van der Waals surface area (Å²) in [5, 5.41) is 37.8. The molecule has 1 aromatic rings. The number of hydrogen-bond acceptors (Lipinski definition) is 6. The smallest absolute Gasteiger partial charge is 0.478 e. The number of carbonyl (C=O) groups is 1. The van der Waals surface area contributed by atoms with Gasteiger partial charge in [0, 0.05) is 19.3 Å². The summed E-state index contributed by atoms with van der Waals surface area (Å²) in [4.78, 5) is 20.8. The lowest BCUT2D eigenvalue weighted by Crippen LogP contribution is -2.36. The Bertz CT molecular complexity index is 479. The first kappa shape index (κ1) is 15.1. The summed E-state index contributed by atoms with van der Waals surface area (Å²) < 4.78 is 4.90. The van der Waals surface area contributed by atoms with Crippen molar-refractivity contribution in [3.05, 3.63) is 33.9 Å². The van der Waals surface area contributed by atoms with Gasteiger partial charge in [-0.1, -0.05) is 6.07 Å². The Kier molecular flexibility index (Phi) is 5.43. The van der Waals surface area contributed by atoms with Crippen molar-refractivity contribution in [1.29, 1.82) is 0 Å². The topological polar surface area (TPSA) is 130 Å². The number of rotatable bonds is 7. The minimum atomic E-state index is -1.55. The van der Waals surface area contributed by atoms with E-state index in [1.165, 1.54) is 0 Å². The number of carboxylic acids is 1. The molecule has 3 N–H and O–H groups in total. The number of benzene rings is 1.